The van der Waals surface area contributed by atoms with Crippen molar-refractivity contribution in [1.29, 1.82) is 0 Å². The van der Waals surface area contributed by atoms with Gasteiger partial charge in [0.2, 0.25) is 0 Å². The average Bonchev–Trinajstić information content (AvgIpc) is 2.40. The van der Waals surface area contributed by atoms with Crippen molar-refractivity contribution < 1.29 is 4.39 Å². The molecule has 2 aromatic carbocycles. The second kappa shape index (κ2) is 5.66. The van der Waals surface area contributed by atoms with Gasteiger partial charge in [0.15, 0.2) is 0 Å². The topological polar surface area (TPSA) is 48.8 Å². The maximum atomic E-state index is 12.7. The van der Waals surface area contributed by atoms with Crippen LogP contribution in [0.3, 0.4) is 0 Å². The molecule has 0 bridgehead atoms. The highest BCUT2D eigenvalue weighted by molar-refractivity contribution is 5.75. The first-order valence-corrected chi connectivity index (χ1v) is 5.37. The Kier molecular flexibility index (Phi) is 3.74. The van der Waals surface area contributed by atoms with E-state index in [9.17, 15) is 4.39 Å². The Morgan fingerprint density at radius 1 is 1.00 bits per heavy atom. The summed E-state index contributed by atoms with van der Waals surface area (Å²) in [7, 11) is 0. The molecule has 2 rings (SSSR count). The highest BCUT2D eigenvalue weighted by atomic mass is 19.1. The summed E-state index contributed by atoms with van der Waals surface area (Å²) in [6.45, 7) is 0. The predicted molar refractivity (Wildman–Crippen MR) is 70.6 cm³/mol. The molecule has 0 aliphatic rings. The molecule has 0 aromatic heterocycles. The molecule has 0 saturated heterocycles. The van der Waals surface area contributed by atoms with Gasteiger partial charge in [-0.2, -0.15) is 0 Å². The van der Waals surface area contributed by atoms with Crippen molar-refractivity contribution >= 4 is 17.8 Å². The number of azide groups is 1. The lowest BCUT2D eigenvalue weighted by Gasteiger charge is -1.98. The van der Waals surface area contributed by atoms with E-state index in [-0.39, 0.29) is 5.82 Å². The number of hydrogen-bond donors (Lipinski definition) is 0. The van der Waals surface area contributed by atoms with E-state index in [4.69, 9.17) is 5.53 Å². The fourth-order valence-corrected chi connectivity index (χ4v) is 1.53. The molecule has 0 fully saturated rings. The lowest BCUT2D eigenvalue weighted by Crippen LogP contribution is -1.75. The molecule has 0 radical (unpaired) electrons. The van der Waals surface area contributed by atoms with Crippen molar-refractivity contribution in [3.63, 3.8) is 0 Å². The molecule has 0 spiro atoms. The van der Waals surface area contributed by atoms with Gasteiger partial charge < -0.3 is 0 Å². The van der Waals surface area contributed by atoms with Crippen LogP contribution in [-0.4, -0.2) is 0 Å². The van der Waals surface area contributed by atoms with Crippen LogP contribution in [0.25, 0.3) is 22.6 Å². The van der Waals surface area contributed by atoms with Gasteiger partial charge in [-0.1, -0.05) is 53.7 Å². The van der Waals surface area contributed by atoms with Crippen LogP contribution in [-0.2, 0) is 0 Å². The molecule has 0 saturated carbocycles. The SMILES string of the molecule is [N-]=[N+]=Nc1ccccc1/C=C/c1ccc(F)cc1. The third kappa shape index (κ3) is 2.97. The summed E-state index contributed by atoms with van der Waals surface area (Å²) in [5.74, 6) is -0.262. The smallest absolute Gasteiger partial charge is 0.123 e. The average molecular weight is 239 g/mol. The molecule has 2 aromatic rings. The monoisotopic (exact) mass is 239 g/mol. The maximum Gasteiger partial charge on any atom is 0.123 e. The Labute approximate surface area is 104 Å². The highest BCUT2D eigenvalue weighted by Gasteiger charge is 1.95. The lowest BCUT2D eigenvalue weighted by atomic mass is 10.1. The summed E-state index contributed by atoms with van der Waals surface area (Å²) >= 11 is 0. The molecule has 0 amide bonds. The van der Waals surface area contributed by atoms with Gasteiger partial charge in [-0.3, -0.25) is 0 Å². The zero-order chi connectivity index (χ0) is 12.8. The van der Waals surface area contributed by atoms with Crippen LogP contribution in [0.15, 0.2) is 53.6 Å². The van der Waals surface area contributed by atoms with Gasteiger partial charge in [-0.05, 0) is 28.8 Å². The maximum absolute atomic E-state index is 12.7. The third-order valence-electron chi connectivity index (χ3n) is 2.41. The zero-order valence-electron chi connectivity index (χ0n) is 9.49. The molecule has 0 N–H and O–H groups in total. The molecular weight excluding hydrogens is 229 g/mol. The molecule has 88 valence electrons. The molecule has 0 aliphatic heterocycles. The molecule has 0 aliphatic carbocycles. The van der Waals surface area contributed by atoms with Crippen molar-refractivity contribution in [3.05, 3.63) is 75.9 Å². The Balaban J connectivity index is 2.28. The Morgan fingerprint density at radius 2 is 1.72 bits per heavy atom. The van der Waals surface area contributed by atoms with Gasteiger partial charge in [0.1, 0.15) is 5.82 Å². The van der Waals surface area contributed by atoms with E-state index < -0.39 is 0 Å². The zero-order valence-corrected chi connectivity index (χ0v) is 9.49. The van der Waals surface area contributed by atoms with Crippen molar-refractivity contribution in [2.45, 2.75) is 0 Å². The summed E-state index contributed by atoms with van der Waals surface area (Å²) in [6.07, 6.45) is 3.67. The minimum absolute atomic E-state index is 0.262. The van der Waals surface area contributed by atoms with Gasteiger partial charge in [0, 0.05) is 10.6 Å². The molecule has 18 heavy (non-hydrogen) atoms. The van der Waals surface area contributed by atoms with Crippen molar-refractivity contribution in [2.24, 2.45) is 5.11 Å². The molecular formula is C14H10FN3. The first-order valence-electron chi connectivity index (χ1n) is 5.37. The van der Waals surface area contributed by atoms with E-state index >= 15 is 0 Å². The fraction of sp³-hybridized carbons (Fsp3) is 0. The van der Waals surface area contributed by atoms with Crippen LogP contribution < -0.4 is 0 Å². The third-order valence-corrected chi connectivity index (χ3v) is 2.41. The van der Waals surface area contributed by atoms with Crippen LogP contribution in [0.2, 0.25) is 0 Å². The van der Waals surface area contributed by atoms with Crippen molar-refractivity contribution in [1.82, 2.24) is 0 Å². The summed E-state index contributed by atoms with van der Waals surface area (Å²) in [4.78, 5) is 2.77. The van der Waals surface area contributed by atoms with E-state index in [2.05, 4.69) is 10.0 Å². The summed E-state index contributed by atoms with van der Waals surface area (Å²) in [5, 5.41) is 3.60. The second-order valence-corrected chi connectivity index (χ2v) is 3.63. The quantitative estimate of drug-likeness (QED) is 0.315. The van der Waals surface area contributed by atoms with Gasteiger partial charge >= 0.3 is 0 Å². The number of benzene rings is 2. The van der Waals surface area contributed by atoms with Crippen molar-refractivity contribution in [2.75, 3.05) is 0 Å². The Morgan fingerprint density at radius 3 is 2.44 bits per heavy atom. The summed E-state index contributed by atoms with van der Waals surface area (Å²) < 4.78 is 12.7. The van der Waals surface area contributed by atoms with Crippen LogP contribution in [0.1, 0.15) is 11.1 Å². The van der Waals surface area contributed by atoms with Crippen molar-refractivity contribution in [3.8, 4) is 0 Å². The van der Waals surface area contributed by atoms with Gasteiger partial charge in [-0.25, -0.2) is 4.39 Å². The molecule has 4 heteroatoms. The van der Waals surface area contributed by atoms with E-state index in [1.54, 1.807) is 24.3 Å². The fourth-order valence-electron chi connectivity index (χ4n) is 1.53. The standard InChI is InChI=1S/C14H10FN3/c15-13-9-6-11(7-10-13)5-8-12-3-1-2-4-14(12)17-18-16/h1-10H/b8-5+. The number of halogens is 1. The highest BCUT2D eigenvalue weighted by Crippen LogP contribution is 2.21. The normalized spacial score (nSPS) is 10.3. The molecule has 3 nitrogen and oxygen atoms in total. The van der Waals surface area contributed by atoms with Gasteiger partial charge in [0.25, 0.3) is 0 Å². The minimum atomic E-state index is -0.262. The largest absolute Gasteiger partial charge is 0.207 e. The molecule has 0 atom stereocenters. The second-order valence-electron chi connectivity index (χ2n) is 3.63. The number of nitrogens with zero attached hydrogens (tertiary/aromatic N) is 3. The molecule has 0 unspecified atom stereocenters. The van der Waals surface area contributed by atoms with E-state index in [1.165, 1.54) is 12.1 Å². The number of rotatable bonds is 3. The van der Waals surface area contributed by atoms with E-state index in [0.717, 1.165) is 11.1 Å². The van der Waals surface area contributed by atoms with Gasteiger partial charge in [0.05, 0.1) is 0 Å². The summed E-state index contributed by atoms with van der Waals surface area (Å²) in [5.41, 5.74) is 10.7. The Bertz CT molecular complexity index is 611. The van der Waals surface area contributed by atoms with Crippen LogP contribution in [0, 0.1) is 5.82 Å². The van der Waals surface area contributed by atoms with E-state index in [1.807, 2.05) is 24.3 Å². The minimum Gasteiger partial charge on any atom is -0.207 e. The summed E-state index contributed by atoms with van der Waals surface area (Å²) in [6, 6.07) is 13.4. The van der Waals surface area contributed by atoms with Gasteiger partial charge in [-0.15, -0.1) is 0 Å². The van der Waals surface area contributed by atoms with Crippen LogP contribution >= 0.6 is 0 Å². The van der Waals surface area contributed by atoms with Crippen LogP contribution in [0.4, 0.5) is 10.1 Å². The lowest BCUT2D eigenvalue weighted by molar-refractivity contribution is 0.628. The Hall–Kier alpha value is -2.58. The van der Waals surface area contributed by atoms with E-state index in [0.29, 0.717) is 5.69 Å². The number of hydrogen-bond acceptors (Lipinski definition) is 1. The first kappa shape index (κ1) is 11.9. The molecule has 0 heterocycles. The predicted octanol–water partition coefficient (Wildman–Crippen LogP) is 4.94. The first-order chi connectivity index (χ1) is 8.79. The van der Waals surface area contributed by atoms with Crippen LogP contribution in [0.5, 0.6) is 0 Å².